The fraction of sp³-hybridized carbons (Fsp3) is 0.333. The summed E-state index contributed by atoms with van der Waals surface area (Å²) in [6.45, 7) is 0. The third kappa shape index (κ3) is 4.07. The first-order valence-corrected chi connectivity index (χ1v) is 7.89. The number of nitrogens with zero attached hydrogens (tertiary/aromatic N) is 1. The van der Waals surface area contributed by atoms with Crippen molar-refractivity contribution in [3.05, 3.63) is 54.4 Å². The molecule has 1 amide bonds. The first-order chi connectivity index (χ1) is 11.2. The maximum atomic E-state index is 12.0. The predicted octanol–water partition coefficient (Wildman–Crippen LogP) is 3.02. The molecule has 0 spiro atoms. The van der Waals surface area contributed by atoms with Crippen molar-refractivity contribution >= 4 is 11.6 Å². The number of hydrogen-bond donors (Lipinski definition) is 2. The number of anilines is 1. The molecular weight excluding hydrogens is 292 g/mol. The Hall–Kier alpha value is -2.40. The summed E-state index contributed by atoms with van der Waals surface area (Å²) in [4.78, 5) is 16.0. The SMILES string of the molecule is O=C(Nc1ccc(OC2CCCCC2O)cc1)c1ccccn1. The van der Waals surface area contributed by atoms with Gasteiger partial charge in [-0.15, -0.1) is 0 Å². The lowest BCUT2D eigenvalue weighted by molar-refractivity contribution is 0.00688. The van der Waals surface area contributed by atoms with Gasteiger partial charge in [-0.05, 0) is 55.7 Å². The molecule has 23 heavy (non-hydrogen) atoms. The van der Waals surface area contributed by atoms with E-state index in [0.29, 0.717) is 17.1 Å². The van der Waals surface area contributed by atoms with Crippen LogP contribution in [0.15, 0.2) is 48.7 Å². The van der Waals surface area contributed by atoms with E-state index < -0.39 is 6.10 Å². The van der Waals surface area contributed by atoms with Crippen molar-refractivity contribution in [2.24, 2.45) is 0 Å². The monoisotopic (exact) mass is 312 g/mol. The Bertz CT molecular complexity index is 643. The van der Waals surface area contributed by atoms with Crippen LogP contribution in [0, 0.1) is 0 Å². The summed E-state index contributed by atoms with van der Waals surface area (Å²) in [5.74, 6) is 0.453. The van der Waals surface area contributed by atoms with Crippen molar-refractivity contribution in [2.45, 2.75) is 37.9 Å². The Kier molecular flexibility index (Phi) is 4.88. The molecule has 5 heteroatoms. The van der Waals surface area contributed by atoms with Gasteiger partial charge in [0.2, 0.25) is 0 Å². The van der Waals surface area contributed by atoms with Gasteiger partial charge in [0.25, 0.3) is 5.91 Å². The van der Waals surface area contributed by atoms with Gasteiger partial charge < -0.3 is 15.2 Å². The Morgan fingerprint density at radius 2 is 1.91 bits per heavy atom. The van der Waals surface area contributed by atoms with Gasteiger partial charge in [-0.2, -0.15) is 0 Å². The quantitative estimate of drug-likeness (QED) is 0.910. The van der Waals surface area contributed by atoms with Crippen molar-refractivity contribution in [3.8, 4) is 5.75 Å². The van der Waals surface area contributed by atoms with Gasteiger partial charge in [-0.25, -0.2) is 0 Å². The van der Waals surface area contributed by atoms with E-state index >= 15 is 0 Å². The van der Waals surface area contributed by atoms with Crippen molar-refractivity contribution in [1.82, 2.24) is 4.98 Å². The zero-order valence-electron chi connectivity index (χ0n) is 12.8. The molecule has 1 aliphatic carbocycles. The first-order valence-electron chi connectivity index (χ1n) is 7.89. The van der Waals surface area contributed by atoms with Crippen LogP contribution < -0.4 is 10.1 Å². The maximum Gasteiger partial charge on any atom is 0.274 e. The van der Waals surface area contributed by atoms with E-state index in [0.717, 1.165) is 25.7 Å². The standard InChI is InChI=1S/C18H20N2O3/c21-16-6-1-2-7-17(16)23-14-10-8-13(9-11-14)20-18(22)15-5-3-4-12-19-15/h3-5,8-12,16-17,21H,1-2,6-7H2,(H,20,22). The molecule has 0 saturated heterocycles. The second-order valence-electron chi connectivity index (χ2n) is 5.70. The molecule has 3 rings (SSSR count). The highest BCUT2D eigenvalue weighted by Crippen LogP contribution is 2.25. The van der Waals surface area contributed by atoms with Gasteiger partial charge in [0.05, 0.1) is 6.10 Å². The van der Waals surface area contributed by atoms with E-state index in [4.69, 9.17) is 4.74 Å². The van der Waals surface area contributed by atoms with E-state index in [-0.39, 0.29) is 12.0 Å². The fourth-order valence-electron chi connectivity index (χ4n) is 2.70. The van der Waals surface area contributed by atoms with Gasteiger partial charge >= 0.3 is 0 Å². The average molecular weight is 312 g/mol. The van der Waals surface area contributed by atoms with Crippen LogP contribution in [0.3, 0.4) is 0 Å². The summed E-state index contributed by atoms with van der Waals surface area (Å²) >= 11 is 0. The van der Waals surface area contributed by atoms with Crippen LogP contribution in [0.5, 0.6) is 5.75 Å². The lowest BCUT2D eigenvalue weighted by Crippen LogP contribution is -2.34. The van der Waals surface area contributed by atoms with Crippen molar-refractivity contribution < 1.29 is 14.6 Å². The lowest BCUT2D eigenvalue weighted by Gasteiger charge is -2.28. The minimum atomic E-state index is -0.396. The smallest absolute Gasteiger partial charge is 0.274 e. The second-order valence-corrected chi connectivity index (χ2v) is 5.70. The highest BCUT2D eigenvalue weighted by Gasteiger charge is 2.24. The Labute approximate surface area is 135 Å². The molecule has 1 heterocycles. The van der Waals surface area contributed by atoms with E-state index in [2.05, 4.69) is 10.3 Å². The van der Waals surface area contributed by atoms with Crippen LogP contribution in [-0.2, 0) is 0 Å². The minimum absolute atomic E-state index is 0.141. The normalized spacial score (nSPS) is 20.7. The number of rotatable bonds is 4. The molecule has 2 N–H and O–H groups in total. The molecule has 1 saturated carbocycles. The summed E-state index contributed by atoms with van der Waals surface area (Å²) in [5, 5.41) is 12.7. The number of hydrogen-bond acceptors (Lipinski definition) is 4. The second kappa shape index (κ2) is 7.24. The van der Waals surface area contributed by atoms with E-state index in [9.17, 15) is 9.90 Å². The predicted molar refractivity (Wildman–Crippen MR) is 87.5 cm³/mol. The van der Waals surface area contributed by atoms with E-state index in [1.54, 1.807) is 48.7 Å². The van der Waals surface area contributed by atoms with Crippen molar-refractivity contribution in [1.29, 1.82) is 0 Å². The zero-order valence-corrected chi connectivity index (χ0v) is 12.8. The number of amides is 1. The number of carbonyl (C=O) groups excluding carboxylic acids is 1. The number of carbonyl (C=O) groups is 1. The minimum Gasteiger partial charge on any atom is -0.488 e. The van der Waals surface area contributed by atoms with E-state index in [1.165, 1.54) is 0 Å². The number of ether oxygens (including phenoxy) is 1. The molecule has 1 aromatic heterocycles. The van der Waals surface area contributed by atoms with Crippen LogP contribution in [0.2, 0.25) is 0 Å². The van der Waals surface area contributed by atoms with Crippen LogP contribution in [-0.4, -0.2) is 28.2 Å². The summed E-state index contributed by atoms with van der Waals surface area (Å²) in [5.41, 5.74) is 1.05. The lowest BCUT2D eigenvalue weighted by atomic mass is 9.95. The van der Waals surface area contributed by atoms with Gasteiger partial charge in [0.1, 0.15) is 17.5 Å². The van der Waals surface area contributed by atoms with Crippen LogP contribution in [0.25, 0.3) is 0 Å². The average Bonchev–Trinajstić information content (AvgIpc) is 2.59. The first kappa shape index (κ1) is 15.5. The van der Waals surface area contributed by atoms with Gasteiger partial charge in [0, 0.05) is 11.9 Å². The number of aliphatic hydroxyl groups excluding tert-OH is 1. The van der Waals surface area contributed by atoms with Gasteiger partial charge in [-0.1, -0.05) is 12.5 Å². The molecular formula is C18H20N2O3. The Balaban J connectivity index is 1.60. The summed E-state index contributed by atoms with van der Waals surface area (Å²) in [6.07, 6.45) is 4.85. The molecule has 2 unspecified atom stereocenters. The molecule has 0 aliphatic heterocycles. The molecule has 5 nitrogen and oxygen atoms in total. The van der Waals surface area contributed by atoms with Gasteiger partial charge in [0.15, 0.2) is 0 Å². The highest BCUT2D eigenvalue weighted by molar-refractivity contribution is 6.02. The molecule has 1 aromatic carbocycles. The van der Waals surface area contributed by atoms with E-state index in [1.807, 2.05) is 0 Å². The number of nitrogens with one attached hydrogen (secondary N) is 1. The highest BCUT2D eigenvalue weighted by atomic mass is 16.5. The van der Waals surface area contributed by atoms with Crippen LogP contribution >= 0.6 is 0 Å². The molecule has 120 valence electrons. The largest absolute Gasteiger partial charge is 0.488 e. The topological polar surface area (TPSA) is 71.5 Å². The number of benzene rings is 1. The maximum absolute atomic E-state index is 12.0. The summed E-state index contributed by atoms with van der Waals surface area (Å²) in [6, 6.07) is 12.4. The van der Waals surface area contributed by atoms with Crippen molar-refractivity contribution in [2.75, 3.05) is 5.32 Å². The number of aromatic nitrogens is 1. The van der Waals surface area contributed by atoms with Gasteiger partial charge in [-0.3, -0.25) is 9.78 Å². The molecule has 0 radical (unpaired) electrons. The van der Waals surface area contributed by atoms with Crippen molar-refractivity contribution in [3.63, 3.8) is 0 Å². The molecule has 2 aromatic rings. The summed E-state index contributed by atoms with van der Waals surface area (Å²) < 4.78 is 5.84. The third-order valence-electron chi connectivity index (χ3n) is 3.96. The molecule has 2 atom stereocenters. The fourth-order valence-corrected chi connectivity index (χ4v) is 2.70. The van der Waals surface area contributed by atoms with Crippen LogP contribution in [0.4, 0.5) is 5.69 Å². The zero-order chi connectivity index (χ0) is 16.1. The number of pyridine rings is 1. The molecule has 1 aliphatic rings. The Morgan fingerprint density at radius 3 is 2.61 bits per heavy atom. The third-order valence-corrected chi connectivity index (χ3v) is 3.96. The Morgan fingerprint density at radius 1 is 1.13 bits per heavy atom. The molecule has 1 fully saturated rings. The molecule has 0 bridgehead atoms. The summed E-state index contributed by atoms with van der Waals surface area (Å²) in [7, 11) is 0. The number of aliphatic hydroxyl groups is 1. The van der Waals surface area contributed by atoms with Crippen LogP contribution in [0.1, 0.15) is 36.2 Å².